The fourth-order valence-corrected chi connectivity index (χ4v) is 5.10. The van der Waals surface area contributed by atoms with E-state index in [0.29, 0.717) is 12.0 Å². The van der Waals surface area contributed by atoms with Crippen molar-refractivity contribution in [2.24, 2.45) is 10.6 Å². The summed E-state index contributed by atoms with van der Waals surface area (Å²) in [4.78, 5) is 19.3. The first-order chi connectivity index (χ1) is 17.7. The van der Waals surface area contributed by atoms with Crippen molar-refractivity contribution in [3.8, 4) is 5.75 Å². The average molecular weight is 485 g/mol. The maximum atomic E-state index is 11.7. The minimum absolute atomic E-state index is 0.477. The topological polar surface area (TPSA) is 51.1 Å². The number of likely N-dealkylation sites (tertiary alicyclic amines) is 1. The summed E-state index contributed by atoms with van der Waals surface area (Å²) < 4.78 is 6.01. The zero-order valence-electron chi connectivity index (χ0n) is 21.0. The van der Waals surface area contributed by atoms with Crippen LogP contribution in [0.25, 0.3) is 10.8 Å². The molecule has 5 nitrogen and oxygen atoms in total. The van der Waals surface area contributed by atoms with E-state index < -0.39 is 6.23 Å². The Balaban J connectivity index is 0.971. The van der Waals surface area contributed by atoms with Crippen molar-refractivity contribution in [1.29, 1.82) is 0 Å². The Morgan fingerprint density at radius 2 is 1.64 bits per heavy atom. The second-order valence-electron chi connectivity index (χ2n) is 10.3. The highest BCUT2D eigenvalue weighted by Gasteiger charge is 2.45. The maximum Gasteiger partial charge on any atom is 0.209 e. The third-order valence-corrected chi connectivity index (χ3v) is 7.72. The fourth-order valence-electron chi connectivity index (χ4n) is 5.10. The lowest BCUT2D eigenvalue weighted by Crippen LogP contribution is -2.45. The van der Waals surface area contributed by atoms with Crippen LogP contribution in [-0.2, 0) is 22.7 Å². The number of ether oxygens (including phenoxy) is 1. The van der Waals surface area contributed by atoms with E-state index in [-0.39, 0.29) is 0 Å². The van der Waals surface area contributed by atoms with Crippen LogP contribution >= 0.6 is 0 Å². The van der Waals surface area contributed by atoms with Crippen LogP contribution in [0.2, 0.25) is 0 Å². The largest absolute Gasteiger partial charge is 0.468 e. The molecule has 3 aromatic carbocycles. The lowest BCUT2D eigenvalue weighted by molar-refractivity contribution is -0.123. The van der Waals surface area contributed by atoms with Gasteiger partial charge in [-0.1, -0.05) is 53.7 Å². The van der Waals surface area contributed by atoms with Gasteiger partial charge in [-0.25, -0.2) is 0 Å². The van der Waals surface area contributed by atoms with Crippen LogP contribution in [0.15, 0.2) is 71.9 Å². The second kappa shape index (κ2) is 11.7. The average Bonchev–Trinajstić information content (AvgIpc) is 3.68. The van der Waals surface area contributed by atoms with Gasteiger partial charge in [-0.05, 0) is 96.9 Å². The summed E-state index contributed by atoms with van der Waals surface area (Å²) in [6.45, 7) is 2.40. The predicted octanol–water partition coefficient (Wildman–Crippen LogP) is 6.54. The van der Waals surface area contributed by atoms with Gasteiger partial charge in [-0.2, -0.15) is 0 Å². The number of rotatable bonds is 12. The van der Waals surface area contributed by atoms with E-state index in [1.54, 1.807) is 0 Å². The third kappa shape index (κ3) is 6.52. The molecular formula is C31H36N2O3. The molecule has 36 heavy (non-hydrogen) atoms. The smallest absolute Gasteiger partial charge is 0.209 e. The van der Waals surface area contributed by atoms with Crippen molar-refractivity contribution in [2.45, 2.75) is 64.2 Å². The van der Waals surface area contributed by atoms with E-state index >= 15 is 0 Å². The molecule has 1 aliphatic heterocycles. The van der Waals surface area contributed by atoms with Gasteiger partial charge in [0.15, 0.2) is 6.29 Å². The number of aldehydes is 1. The van der Waals surface area contributed by atoms with Gasteiger partial charge in [-0.15, -0.1) is 0 Å². The SMILES string of the molecule is O=CC(Oc1ccc(CCCCC=NOCc2ccc3ccccc3c2)cc1)N1CCC2(CC1)CC2. The van der Waals surface area contributed by atoms with Gasteiger partial charge in [0.05, 0.1) is 0 Å². The zero-order valence-corrected chi connectivity index (χ0v) is 21.0. The molecule has 3 aromatic rings. The third-order valence-electron chi connectivity index (χ3n) is 7.72. The first kappa shape index (κ1) is 24.5. The molecule has 2 aliphatic rings. The summed E-state index contributed by atoms with van der Waals surface area (Å²) in [6, 6.07) is 22.9. The number of unbranched alkanes of at least 4 members (excludes halogenated alkanes) is 2. The van der Waals surface area contributed by atoms with Crippen molar-refractivity contribution in [3.05, 3.63) is 77.9 Å². The molecule has 5 rings (SSSR count). The molecule has 0 N–H and O–H groups in total. The van der Waals surface area contributed by atoms with Gasteiger partial charge in [-0.3, -0.25) is 9.69 Å². The molecular weight excluding hydrogens is 448 g/mol. The van der Waals surface area contributed by atoms with Crippen LogP contribution in [0.5, 0.6) is 5.75 Å². The highest BCUT2D eigenvalue weighted by atomic mass is 16.6. The summed E-state index contributed by atoms with van der Waals surface area (Å²) >= 11 is 0. The zero-order chi connectivity index (χ0) is 24.6. The number of aryl methyl sites for hydroxylation is 1. The molecule has 1 heterocycles. The second-order valence-corrected chi connectivity index (χ2v) is 10.3. The molecule has 1 saturated heterocycles. The lowest BCUT2D eigenvalue weighted by Gasteiger charge is -2.35. The maximum absolute atomic E-state index is 11.7. The molecule has 1 spiro atoms. The van der Waals surface area contributed by atoms with Gasteiger partial charge in [0.1, 0.15) is 12.4 Å². The number of nitrogens with zero attached hydrogens (tertiary/aromatic N) is 2. The molecule has 2 fully saturated rings. The number of oxime groups is 1. The number of hydrogen-bond acceptors (Lipinski definition) is 5. The van der Waals surface area contributed by atoms with E-state index in [0.717, 1.165) is 56.4 Å². The number of carbonyl (C=O) groups is 1. The molecule has 1 aliphatic carbocycles. The number of hydrogen-bond donors (Lipinski definition) is 0. The number of carbonyl (C=O) groups excluding carboxylic acids is 1. The Kier molecular flexibility index (Phi) is 7.97. The van der Waals surface area contributed by atoms with Crippen LogP contribution in [0, 0.1) is 5.41 Å². The van der Waals surface area contributed by atoms with Crippen molar-refractivity contribution in [2.75, 3.05) is 13.1 Å². The Morgan fingerprint density at radius 3 is 2.39 bits per heavy atom. The first-order valence-electron chi connectivity index (χ1n) is 13.3. The highest BCUT2D eigenvalue weighted by Crippen LogP contribution is 2.53. The van der Waals surface area contributed by atoms with Gasteiger partial charge in [0.25, 0.3) is 0 Å². The van der Waals surface area contributed by atoms with Crippen molar-refractivity contribution in [3.63, 3.8) is 0 Å². The molecule has 1 saturated carbocycles. The monoisotopic (exact) mass is 484 g/mol. The molecule has 1 unspecified atom stereocenters. The van der Waals surface area contributed by atoms with E-state index in [9.17, 15) is 4.79 Å². The van der Waals surface area contributed by atoms with Crippen molar-refractivity contribution < 1.29 is 14.4 Å². The van der Waals surface area contributed by atoms with Crippen LogP contribution in [-0.4, -0.2) is 36.7 Å². The van der Waals surface area contributed by atoms with Crippen LogP contribution in [0.4, 0.5) is 0 Å². The molecule has 0 bridgehead atoms. The van der Waals surface area contributed by atoms with Crippen molar-refractivity contribution >= 4 is 23.3 Å². The van der Waals surface area contributed by atoms with E-state index in [2.05, 4.69) is 64.7 Å². The molecule has 1 atom stereocenters. The summed E-state index contributed by atoms with van der Waals surface area (Å²) in [5.41, 5.74) is 3.01. The Bertz CT molecular complexity index is 1160. The van der Waals surface area contributed by atoms with Crippen molar-refractivity contribution in [1.82, 2.24) is 4.90 Å². The Morgan fingerprint density at radius 1 is 0.889 bits per heavy atom. The summed E-state index contributed by atoms with van der Waals surface area (Å²) in [5, 5.41) is 6.57. The first-order valence-corrected chi connectivity index (χ1v) is 13.3. The lowest BCUT2D eigenvalue weighted by atomic mass is 9.94. The molecule has 188 valence electrons. The molecule has 0 amide bonds. The normalized spacial score (nSPS) is 17.9. The summed E-state index contributed by atoms with van der Waals surface area (Å²) in [5.74, 6) is 0.762. The van der Waals surface area contributed by atoms with E-state index in [1.807, 2.05) is 18.3 Å². The van der Waals surface area contributed by atoms with Crippen LogP contribution in [0.1, 0.15) is 56.1 Å². The highest BCUT2D eigenvalue weighted by molar-refractivity contribution is 5.82. The molecule has 0 radical (unpaired) electrons. The quantitative estimate of drug-likeness (QED) is 0.127. The Hall–Kier alpha value is -3.18. The standard InChI is InChI=1S/C31H36N2O3/c34-23-30(33-20-17-31(15-16-31)18-21-33)36-29-13-10-25(11-14-29)6-2-1-5-19-32-35-24-26-9-12-27-7-3-4-8-28(27)22-26/h3-4,7-14,19,22-23,30H,1-2,5-6,15-18,20-21,24H2. The summed E-state index contributed by atoms with van der Waals surface area (Å²) in [6.07, 6.45) is 11.5. The number of piperidine rings is 1. The van der Waals surface area contributed by atoms with Gasteiger partial charge >= 0.3 is 0 Å². The van der Waals surface area contributed by atoms with E-state index in [1.165, 1.54) is 42.0 Å². The van der Waals surface area contributed by atoms with Crippen LogP contribution in [0.3, 0.4) is 0 Å². The predicted molar refractivity (Wildman–Crippen MR) is 144 cm³/mol. The number of benzene rings is 3. The minimum Gasteiger partial charge on any atom is -0.468 e. The summed E-state index contributed by atoms with van der Waals surface area (Å²) in [7, 11) is 0. The van der Waals surface area contributed by atoms with Crippen LogP contribution < -0.4 is 4.74 Å². The van der Waals surface area contributed by atoms with Gasteiger partial charge < -0.3 is 9.57 Å². The number of fused-ring (bicyclic) bond motifs is 1. The van der Waals surface area contributed by atoms with E-state index in [4.69, 9.17) is 9.57 Å². The molecule has 0 aromatic heterocycles. The molecule has 5 heteroatoms. The van der Waals surface area contributed by atoms with Gasteiger partial charge in [0, 0.05) is 19.3 Å². The van der Waals surface area contributed by atoms with Gasteiger partial charge in [0.2, 0.25) is 6.23 Å². The fraction of sp³-hybridized carbons (Fsp3) is 0.419. The minimum atomic E-state index is -0.477. The Labute approximate surface area is 214 Å².